The quantitative estimate of drug-likeness (QED) is 0.781. The highest BCUT2D eigenvalue weighted by atomic mass is 16.6. The molecule has 0 radical (unpaired) electrons. The van der Waals surface area contributed by atoms with E-state index in [1.807, 2.05) is 25.1 Å². The Kier molecular flexibility index (Phi) is 5.76. The molecule has 21 heavy (non-hydrogen) atoms. The van der Waals surface area contributed by atoms with E-state index in [4.69, 9.17) is 9.47 Å². The Morgan fingerprint density at radius 1 is 1.38 bits per heavy atom. The summed E-state index contributed by atoms with van der Waals surface area (Å²) in [6.45, 7) is 6.01. The minimum atomic E-state index is -0.494. The molecule has 2 rings (SSSR count). The van der Waals surface area contributed by atoms with Crippen LogP contribution in [0, 0.1) is 0 Å². The normalized spacial score (nSPS) is 24.5. The summed E-state index contributed by atoms with van der Waals surface area (Å²) in [7, 11) is 2.11. The predicted molar refractivity (Wildman–Crippen MR) is 82.3 cm³/mol. The van der Waals surface area contributed by atoms with E-state index in [9.17, 15) is 4.79 Å². The number of esters is 1. The number of nitrogens with zero attached hydrogens (tertiary/aromatic N) is 1. The SMILES string of the molecule is CCOC(C)C(=O)OC1CCN(C)CC1c1ccccc1. The smallest absolute Gasteiger partial charge is 0.335 e. The number of hydrogen-bond acceptors (Lipinski definition) is 4. The number of likely N-dealkylation sites (tertiary alicyclic amines) is 1. The number of hydrogen-bond donors (Lipinski definition) is 0. The number of piperidine rings is 1. The van der Waals surface area contributed by atoms with Gasteiger partial charge in [0.1, 0.15) is 6.10 Å². The highest BCUT2D eigenvalue weighted by Crippen LogP contribution is 2.29. The maximum Gasteiger partial charge on any atom is 0.335 e. The van der Waals surface area contributed by atoms with Crippen LogP contribution in [0.3, 0.4) is 0 Å². The van der Waals surface area contributed by atoms with Gasteiger partial charge in [-0.25, -0.2) is 4.79 Å². The summed E-state index contributed by atoms with van der Waals surface area (Å²) in [5.41, 5.74) is 1.23. The van der Waals surface area contributed by atoms with Gasteiger partial charge in [0.15, 0.2) is 6.10 Å². The molecule has 4 nitrogen and oxygen atoms in total. The van der Waals surface area contributed by atoms with Gasteiger partial charge in [-0.05, 0) is 32.9 Å². The zero-order chi connectivity index (χ0) is 15.2. The van der Waals surface area contributed by atoms with Crippen LogP contribution in [0.25, 0.3) is 0 Å². The summed E-state index contributed by atoms with van der Waals surface area (Å²) in [5, 5.41) is 0. The molecule has 1 heterocycles. The second kappa shape index (κ2) is 7.57. The van der Waals surface area contributed by atoms with Crippen molar-refractivity contribution in [2.24, 2.45) is 0 Å². The highest BCUT2D eigenvalue weighted by molar-refractivity contribution is 5.74. The lowest BCUT2D eigenvalue weighted by Gasteiger charge is -2.37. The summed E-state index contributed by atoms with van der Waals surface area (Å²) in [6, 6.07) is 10.3. The molecular weight excluding hydrogens is 266 g/mol. The van der Waals surface area contributed by atoms with E-state index in [1.165, 1.54) is 5.56 Å². The third-order valence-electron chi connectivity index (χ3n) is 4.00. The van der Waals surface area contributed by atoms with E-state index in [2.05, 4.69) is 24.1 Å². The van der Waals surface area contributed by atoms with Crippen LogP contribution >= 0.6 is 0 Å². The Labute approximate surface area is 127 Å². The average Bonchev–Trinajstić information content (AvgIpc) is 2.50. The van der Waals surface area contributed by atoms with Crippen molar-refractivity contribution in [3.63, 3.8) is 0 Å². The van der Waals surface area contributed by atoms with Crippen LogP contribution in [0.4, 0.5) is 0 Å². The van der Waals surface area contributed by atoms with Gasteiger partial charge >= 0.3 is 5.97 Å². The summed E-state index contributed by atoms with van der Waals surface area (Å²) in [5.74, 6) is -0.0324. The molecule has 0 aromatic heterocycles. The van der Waals surface area contributed by atoms with Crippen molar-refractivity contribution < 1.29 is 14.3 Å². The van der Waals surface area contributed by atoms with Gasteiger partial charge in [0.05, 0.1) is 0 Å². The van der Waals surface area contributed by atoms with Crippen molar-refractivity contribution in [2.75, 3.05) is 26.7 Å². The molecule has 0 saturated carbocycles. The zero-order valence-corrected chi connectivity index (χ0v) is 13.1. The van der Waals surface area contributed by atoms with Crippen LogP contribution in [0.15, 0.2) is 30.3 Å². The molecule has 3 atom stereocenters. The maximum absolute atomic E-state index is 12.1. The van der Waals surface area contributed by atoms with Crippen LogP contribution in [-0.2, 0) is 14.3 Å². The van der Waals surface area contributed by atoms with Crippen LogP contribution in [-0.4, -0.2) is 49.8 Å². The Morgan fingerprint density at radius 2 is 2.10 bits per heavy atom. The molecule has 3 unspecified atom stereocenters. The monoisotopic (exact) mass is 291 g/mol. The molecule has 4 heteroatoms. The third kappa shape index (κ3) is 4.29. The number of rotatable bonds is 5. The second-order valence-electron chi connectivity index (χ2n) is 5.64. The summed E-state index contributed by atoms with van der Waals surface area (Å²) < 4.78 is 11.1. The van der Waals surface area contributed by atoms with E-state index in [1.54, 1.807) is 6.92 Å². The molecule has 0 spiro atoms. The topological polar surface area (TPSA) is 38.8 Å². The van der Waals surface area contributed by atoms with Crippen LogP contribution in [0.1, 0.15) is 31.7 Å². The first-order chi connectivity index (χ1) is 10.1. The minimum absolute atomic E-state index is 0.0704. The fraction of sp³-hybridized carbons (Fsp3) is 0.588. The zero-order valence-electron chi connectivity index (χ0n) is 13.1. The Hall–Kier alpha value is -1.39. The van der Waals surface area contributed by atoms with Gasteiger partial charge in [0, 0.05) is 25.6 Å². The summed E-state index contributed by atoms with van der Waals surface area (Å²) in [4.78, 5) is 14.4. The molecule has 1 aromatic carbocycles. The van der Waals surface area contributed by atoms with Crippen molar-refractivity contribution >= 4 is 5.97 Å². The van der Waals surface area contributed by atoms with Crippen molar-refractivity contribution in [1.29, 1.82) is 0 Å². The molecule has 1 fully saturated rings. The van der Waals surface area contributed by atoms with Crippen LogP contribution in [0.5, 0.6) is 0 Å². The summed E-state index contributed by atoms with van der Waals surface area (Å²) >= 11 is 0. The van der Waals surface area contributed by atoms with Gasteiger partial charge in [-0.15, -0.1) is 0 Å². The minimum Gasteiger partial charge on any atom is -0.460 e. The Bertz CT molecular complexity index is 449. The van der Waals surface area contributed by atoms with E-state index >= 15 is 0 Å². The van der Waals surface area contributed by atoms with Crippen molar-refractivity contribution in [3.05, 3.63) is 35.9 Å². The average molecular weight is 291 g/mol. The largest absolute Gasteiger partial charge is 0.460 e. The predicted octanol–water partition coefficient (Wildman–Crippen LogP) is 2.44. The van der Waals surface area contributed by atoms with E-state index in [0.29, 0.717) is 6.61 Å². The maximum atomic E-state index is 12.1. The lowest BCUT2D eigenvalue weighted by molar-refractivity contribution is -0.164. The first-order valence-electron chi connectivity index (χ1n) is 7.67. The second-order valence-corrected chi connectivity index (χ2v) is 5.64. The molecular formula is C17H25NO3. The van der Waals surface area contributed by atoms with Gasteiger partial charge in [-0.1, -0.05) is 30.3 Å². The molecule has 1 aliphatic rings. The number of ether oxygens (including phenoxy) is 2. The molecule has 1 aromatic rings. The van der Waals surface area contributed by atoms with Gasteiger partial charge in [-0.3, -0.25) is 0 Å². The molecule has 0 aliphatic carbocycles. The lowest BCUT2D eigenvalue weighted by atomic mass is 9.88. The van der Waals surface area contributed by atoms with Crippen LogP contribution < -0.4 is 0 Å². The number of carbonyl (C=O) groups excluding carboxylic acids is 1. The molecule has 0 N–H and O–H groups in total. The first-order valence-corrected chi connectivity index (χ1v) is 7.67. The van der Waals surface area contributed by atoms with Crippen LogP contribution in [0.2, 0.25) is 0 Å². The van der Waals surface area contributed by atoms with E-state index in [-0.39, 0.29) is 18.0 Å². The Balaban J connectivity index is 2.07. The number of likely N-dealkylation sites (N-methyl/N-ethyl adjacent to an activating group) is 1. The Morgan fingerprint density at radius 3 is 2.76 bits per heavy atom. The summed E-state index contributed by atoms with van der Waals surface area (Å²) in [6.07, 6.45) is 0.297. The molecule has 0 bridgehead atoms. The number of carbonyl (C=O) groups is 1. The molecule has 1 saturated heterocycles. The van der Waals surface area contributed by atoms with Gasteiger partial charge in [-0.2, -0.15) is 0 Å². The fourth-order valence-electron chi connectivity index (χ4n) is 2.82. The van der Waals surface area contributed by atoms with Gasteiger partial charge in [0.25, 0.3) is 0 Å². The van der Waals surface area contributed by atoms with E-state index in [0.717, 1.165) is 19.5 Å². The number of benzene rings is 1. The van der Waals surface area contributed by atoms with Gasteiger partial charge in [0.2, 0.25) is 0 Å². The highest BCUT2D eigenvalue weighted by Gasteiger charge is 2.32. The van der Waals surface area contributed by atoms with Crippen molar-refractivity contribution in [2.45, 2.75) is 38.4 Å². The third-order valence-corrected chi connectivity index (χ3v) is 4.00. The van der Waals surface area contributed by atoms with Crippen molar-refractivity contribution in [1.82, 2.24) is 4.90 Å². The van der Waals surface area contributed by atoms with E-state index < -0.39 is 6.10 Å². The fourth-order valence-corrected chi connectivity index (χ4v) is 2.82. The standard InChI is InChI=1S/C17H25NO3/c1-4-20-13(2)17(19)21-16-10-11-18(3)12-15(16)14-8-6-5-7-9-14/h5-9,13,15-16H,4,10-12H2,1-3H3. The molecule has 1 aliphatic heterocycles. The first kappa shape index (κ1) is 16.0. The lowest BCUT2D eigenvalue weighted by Crippen LogP contribution is -2.43. The van der Waals surface area contributed by atoms with Crippen molar-refractivity contribution in [3.8, 4) is 0 Å². The molecule has 0 amide bonds. The van der Waals surface area contributed by atoms with Gasteiger partial charge < -0.3 is 14.4 Å². The molecule has 116 valence electrons.